The molecular formula is C45H54N2O7. The molecule has 0 atom stereocenters. The van der Waals surface area contributed by atoms with Crippen LogP contribution in [0, 0.1) is 0 Å². The molecule has 1 heterocycles. The average Bonchev–Trinajstić information content (AvgIpc) is 3.59. The van der Waals surface area contributed by atoms with E-state index in [0.29, 0.717) is 24.5 Å². The lowest BCUT2D eigenvalue weighted by molar-refractivity contribution is -0.142. The van der Waals surface area contributed by atoms with Gasteiger partial charge >= 0.3 is 12.1 Å². The summed E-state index contributed by atoms with van der Waals surface area (Å²) in [6.07, 6.45) is 5.13. The summed E-state index contributed by atoms with van der Waals surface area (Å²) in [6.45, 7) is 12.8. The number of carbonyl (C=O) groups is 3. The predicted molar refractivity (Wildman–Crippen MR) is 213 cm³/mol. The molecule has 2 amide bonds. The number of nitrogens with one attached hydrogen (secondary N) is 2. The quantitative estimate of drug-likeness (QED) is 0.0812. The number of hydrogen-bond donors (Lipinski definition) is 2. The molecule has 0 fully saturated rings. The van der Waals surface area contributed by atoms with Gasteiger partial charge in [0.1, 0.15) is 23.5 Å². The molecule has 9 heteroatoms. The molecule has 0 bridgehead atoms. The number of furan rings is 1. The summed E-state index contributed by atoms with van der Waals surface area (Å²) < 4.78 is 23.0. The van der Waals surface area contributed by atoms with Gasteiger partial charge in [0.25, 0.3) is 5.91 Å². The van der Waals surface area contributed by atoms with Gasteiger partial charge in [0.05, 0.1) is 13.0 Å². The number of esters is 1. The van der Waals surface area contributed by atoms with Crippen LogP contribution in [0.4, 0.5) is 4.79 Å². The molecule has 0 aliphatic heterocycles. The van der Waals surface area contributed by atoms with E-state index >= 15 is 0 Å². The number of para-hydroxylation sites is 1. The summed E-state index contributed by atoms with van der Waals surface area (Å²) in [6, 6.07) is 30.4. The molecule has 286 valence electrons. The van der Waals surface area contributed by atoms with E-state index < -0.39 is 11.7 Å². The van der Waals surface area contributed by atoms with Gasteiger partial charge in [-0.1, -0.05) is 106 Å². The van der Waals surface area contributed by atoms with Gasteiger partial charge in [-0.3, -0.25) is 9.59 Å². The maximum Gasteiger partial charge on any atom is 0.407 e. The van der Waals surface area contributed by atoms with Crippen molar-refractivity contribution in [3.63, 3.8) is 0 Å². The minimum atomic E-state index is -0.607. The lowest BCUT2D eigenvalue weighted by Crippen LogP contribution is -2.32. The first kappa shape index (κ1) is 41.2. The molecule has 0 radical (unpaired) electrons. The van der Waals surface area contributed by atoms with Crippen molar-refractivity contribution in [3.8, 4) is 16.9 Å². The highest BCUT2D eigenvalue weighted by Crippen LogP contribution is 2.34. The number of hydrogen-bond acceptors (Lipinski definition) is 7. The van der Waals surface area contributed by atoms with E-state index in [1.54, 1.807) is 13.0 Å². The molecule has 0 aliphatic rings. The van der Waals surface area contributed by atoms with E-state index in [4.69, 9.17) is 18.6 Å². The van der Waals surface area contributed by atoms with Crippen molar-refractivity contribution >= 4 is 28.9 Å². The summed E-state index contributed by atoms with van der Waals surface area (Å²) in [7, 11) is 0. The van der Waals surface area contributed by atoms with E-state index in [0.717, 1.165) is 38.8 Å². The number of alkyl carbamates (subject to hydrolysis) is 1. The van der Waals surface area contributed by atoms with Gasteiger partial charge in [0.2, 0.25) is 0 Å². The molecule has 4 aromatic carbocycles. The van der Waals surface area contributed by atoms with Gasteiger partial charge in [0.15, 0.2) is 5.76 Å². The molecule has 9 nitrogen and oxygen atoms in total. The Labute approximate surface area is 319 Å². The summed E-state index contributed by atoms with van der Waals surface area (Å²) in [5.41, 5.74) is 4.91. The maximum absolute atomic E-state index is 13.2. The van der Waals surface area contributed by atoms with Gasteiger partial charge in [0, 0.05) is 29.6 Å². The molecule has 0 unspecified atom stereocenters. The van der Waals surface area contributed by atoms with E-state index in [1.165, 1.54) is 25.7 Å². The number of ether oxygens (including phenoxy) is 3. The minimum Gasteiger partial charge on any atom is -0.489 e. The van der Waals surface area contributed by atoms with Crippen LogP contribution in [0.15, 0.2) is 101 Å². The lowest BCUT2D eigenvalue weighted by Gasteiger charge is -2.19. The molecule has 0 saturated heterocycles. The largest absolute Gasteiger partial charge is 0.489 e. The zero-order valence-electron chi connectivity index (χ0n) is 32.5. The van der Waals surface area contributed by atoms with E-state index in [9.17, 15) is 14.4 Å². The van der Waals surface area contributed by atoms with Crippen molar-refractivity contribution in [1.29, 1.82) is 0 Å². The topological polar surface area (TPSA) is 116 Å². The van der Waals surface area contributed by atoms with Crippen LogP contribution in [0.2, 0.25) is 0 Å². The summed E-state index contributed by atoms with van der Waals surface area (Å²) in [5, 5.41) is 6.47. The molecule has 2 N–H and O–H groups in total. The number of unbranched alkanes of at least 4 members (excludes halogenated alkanes) is 3. The Morgan fingerprint density at radius 3 is 2.11 bits per heavy atom. The molecule has 1 aromatic heterocycles. The Balaban J connectivity index is 0.000001000. The zero-order chi connectivity index (χ0) is 38.9. The van der Waals surface area contributed by atoms with Gasteiger partial charge in [-0.25, -0.2) is 4.79 Å². The maximum atomic E-state index is 13.2. The first-order chi connectivity index (χ1) is 26.0. The highest BCUT2D eigenvalue weighted by molar-refractivity contribution is 6.00. The van der Waals surface area contributed by atoms with Crippen LogP contribution in [-0.4, -0.2) is 30.2 Å². The van der Waals surface area contributed by atoms with Crippen molar-refractivity contribution in [2.24, 2.45) is 0 Å². The monoisotopic (exact) mass is 734 g/mol. The Kier molecular flexibility index (Phi) is 15.7. The highest BCUT2D eigenvalue weighted by atomic mass is 16.6. The van der Waals surface area contributed by atoms with Gasteiger partial charge in [-0.05, 0) is 80.3 Å². The molecule has 0 aliphatic carbocycles. The van der Waals surface area contributed by atoms with Crippen LogP contribution >= 0.6 is 0 Å². The van der Waals surface area contributed by atoms with Crippen molar-refractivity contribution < 1.29 is 33.0 Å². The Morgan fingerprint density at radius 1 is 0.722 bits per heavy atom. The second kappa shape index (κ2) is 20.6. The second-order valence-corrected chi connectivity index (χ2v) is 14.0. The van der Waals surface area contributed by atoms with Gasteiger partial charge < -0.3 is 29.3 Å². The van der Waals surface area contributed by atoms with Gasteiger partial charge in [-0.2, -0.15) is 0 Å². The number of benzene rings is 4. The zero-order valence-corrected chi connectivity index (χ0v) is 32.5. The fourth-order valence-corrected chi connectivity index (χ4v) is 5.65. The summed E-state index contributed by atoms with van der Waals surface area (Å²) >= 11 is 0. The number of amides is 2. The van der Waals surface area contributed by atoms with E-state index in [-0.39, 0.29) is 37.2 Å². The van der Waals surface area contributed by atoms with Crippen LogP contribution in [0.5, 0.6) is 5.75 Å². The third kappa shape index (κ3) is 13.1. The Bertz CT molecular complexity index is 1960. The van der Waals surface area contributed by atoms with Crippen molar-refractivity contribution in [2.75, 3.05) is 6.61 Å². The van der Waals surface area contributed by atoms with Crippen molar-refractivity contribution in [1.82, 2.24) is 10.6 Å². The lowest BCUT2D eigenvalue weighted by atomic mass is 9.99. The standard InChI is InChI=1S/C39H40N2O7.C6H14/c1-5-45-35(42)22-30-15-9-10-17-33(30)46-25-28-19-31-21-34(37(43)40-23-26-12-7-6-8-13-26)47-36(31)32(20-28)29-16-11-14-27(18-29)24-41-38(44)48-39(2,3)4;1-3-5-6-4-2/h6-21H,5,22-25H2,1-4H3,(H,40,43)(H,41,44);3-6H2,1-2H3. The van der Waals surface area contributed by atoms with Crippen molar-refractivity contribution in [3.05, 3.63) is 125 Å². The average molecular weight is 735 g/mol. The number of fused-ring (bicyclic) bond motifs is 1. The predicted octanol–water partition coefficient (Wildman–Crippen LogP) is 10.3. The molecule has 0 saturated carbocycles. The molecule has 0 spiro atoms. The first-order valence-electron chi connectivity index (χ1n) is 18.8. The van der Waals surface area contributed by atoms with Crippen LogP contribution in [0.1, 0.15) is 100 Å². The first-order valence-corrected chi connectivity index (χ1v) is 18.8. The van der Waals surface area contributed by atoms with E-state index in [2.05, 4.69) is 24.5 Å². The summed E-state index contributed by atoms with van der Waals surface area (Å²) in [4.78, 5) is 37.7. The molecular weight excluding hydrogens is 681 g/mol. The summed E-state index contributed by atoms with van der Waals surface area (Å²) in [5.74, 6) is 0.107. The van der Waals surface area contributed by atoms with Crippen molar-refractivity contribution in [2.45, 2.75) is 98.9 Å². The Hall–Kier alpha value is -5.57. The third-order valence-electron chi connectivity index (χ3n) is 8.23. The highest BCUT2D eigenvalue weighted by Gasteiger charge is 2.19. The second-order valence-electron chi connectivity index (χ2n) is 14.0. The Morgan fingerprint density at radius 2 is 1.41 bits per heavy atom. The SMILES string of the molecule is CCCCCC.CCOC(=O)Cc1ccccc1OCc1cc(-c2cccc(CNC(=O)OC(C)(C)C)c2)c2oc(C(=O)NCc3ccccc3)cc2c1. The molecule has 54 heavy (non-hydrogen) atoms. The van der Waals surface area contributed by atoms with Crippen LogP contribution in [0.3, 0.4) is 0 Å². The van der Waals surface area contributed by atoms with Gasteiger partial charge in [-0.15, -0.1) is 0 Å². The van der Waals surface area contributed by atoms with Crippen LogP contribution in [-0.2, 0) is 40.4 Å². The third-order valence-corrected chi connectivity index (χ3v) is 8.23. The smallest absolute Gasteiger partial charge is 0.407 e. The van der Waals surface area contributed by atoms with Crippen LogP contribution in [0.25, 0.3) is 22.1 Å². The fraction of sp³-hybridized carbons (Fsp3) is 0.356. The fourth-order valence-electron chi connectivity index (χ4n) is 5.65. The van der Waals surface area contributed by atoms with Crippen LogP contribution < -0.4 is 15.4 Å². The number of rotatable bonds is 15. The number of carbonyl (C=O) groups excluding carboxylic acids is 3. The minimum absolute atomic E-state index is 0.0988. The molecule has 5 aromatic rings. The molecule has 5 rings (SSSR count). The normalized spacial score (nSPS) is 10.9. The van der Waals surface area contributed by atoms with E-state index in [1.807, 2.05) is 112 Å².